The molecular weight excluding hydrogens is 250 g/mol. The fourth-order valence-electron chi connectivity index (χ4n) is 1.14. The van der Waals surface area contributed by atoms with Gasteiger partial charge in [0, 0.05) is 12.7 Å². The molecule has 0 radical (unpaired) electrons. The van der Waals surface area contributed by atoms with Crippen LogP contribution in [0.1, 0.15) is 15.4 Å². The number of nitrogens with zero attached hydrogens (tertiary/aromatic N) is 3. The molecule has 0 spiro atoms. The van der Waals surface area contributed by atoms with Crippen molar-refractivity contribution >= 4 is 46.4 Å². The Kier molecular flexibility index (Phi) is 2.70. The first-order valence-electron chi connectivity index (χ1n) is 4.19. The second-order valence-electron chi connectivity index (χ2n) is 3.05. The van der Waals surface area contributed by atoms with Crippen LogP contribution in [0.3, 0.4) is 0 Å². The van der Waals surface area contributed by atoms with E-state index in [0.29, 0.717) is 8.83 Å². The summed E-state index contributed by atoms with van der Waals surface area (Å²) in [6.45, 7) is 1.89. The van der Waals surface area contributed by atoms with Crippen LogP contribution in [0, 0.1) is 10.9 Å². The summed E-state index contributed by atoms with van der Waals surface area (Å²) in [7, 11) is 1.86. The minimum Gasteiger partial charge on any atom is -0.330 e. The summed E-state index contributed by atoms with van der Waals surface area (Å²) in [6, 6.07) is 0. The van der Waals surface area contributed by atoms with Gasteiger partial charge in [0.15, 0.2) is 3.95 Å². The van der Waals surface area contributed by atoms with Crippen LogP contribution >= 0.6 is 35.3 Å². The second-order valence-corrected chi connectivity index (χ2v) is 5.46. The molecule has 7 heteroatoms. The van der Waals surface area contributed by atoms with Crippen molar-refractivity contribution in [3.8, 4) is 0 Å². The van der Waals surface area contributed by atoms with Crippen LogP contribution in [0.15, 0.2) is 5.10 Å². The maximum atomic E-state index is 11.9. The van der Waals surface area contributed by atoms with Crippen molar-refractivity contribution in [3.63, 3.8) is 0 Å². The molecule has 1 aliphatic heterocycles. The van der Waals surface area contributed by atoms with Gasteiger partial charge in [-0.2, -0.15) is 5.01 Å². The molecule has 0 aromatic carbocycles. The monoisotopic (exact) mass is 259 g/mol. The quantitative estimate of drug-likeness (QED) is 0.726. The first-order chi connectivity index (χ1) is 7.06. The van der Waals surface area contributed by atoms with E-state index >= 15 is 0 Å². The molecule has 0 N–H and O–H groups in total. The average molecular weight is 259 g/mol. The largest absolute Gasteiger partial charge is 0.330 e. The zero-order valence-electron chi connectivity index (χ0n) is 8.47. The van der Waals surface area contributed by atoms with Gasteiger partial charge in [0.05, 0.1) is 0 Å². The van der Waals surface area contributed by atoms with E-state index < -0.39 is 0 Å². The third-order valence-corrected chi connectivity index (χ3v) is 4.46. The molecule has 2 heterocycles. The van der Waals surface area contributed by atoms with Gasteiger partial charge in [-0.05, 0) is 25.4 Å². The number of rotatable bonds is 1. The smallest absolute Gasteiger partial charge is 0.292 e. The van der Waals surface area contributed by atoms with Crippen LogP contribution in [-0.4, -0.2) is 26.9 Å². The fraction of sp³-hybridized carbons (Fsp3) is 0.375. The number of thiazole rings is 1. The molecule has 1 aromatic heterocycles. The Morgan fingerprint density at radius 3 is 2.67 bits per heavy atom. The normalized spacial score (nSPS) is 14.1. The molecule has 1 aromatic rings. The molecule has 0 saturated heterocycles. The van der Waals surface area contributed by atoms with Gasteiger partial charge in [0.2, 0.25) is 5.17 Å². The highest BCUT2D eigenvalue weighted by atomic mass is 32.2. The van der Waals surface area contributed by atoms with Crippen LogP contribution in [0.25, 0.3) is 0 Å². The topological polar surface area (TPSA) is 37.4 Å². The number of amides is 1. The summed E-state index contributed by atoms with van der Waals surface area (Å²) in [5.41, 5.74) is 0.901. The van der Waals surface area contributed by atoms with Gasteiger partial charge in [0.1, 0.15) is 4.88 Å². The Morgan fingerprint density at radius 2 is 2.27 bits per heavy atom. The maximum absolute atomic E-state index is 11.9. The molecule has 0 fully saturated rings. The number of aromatic nitrogens is 1. The number of carbonyl (C=O) groups is 1. The number of hydrogen-bond donors (Lipinski definition) is 0. The van der Waals surface area contributed by atoms with Crippen molar-refractivity contribution in [2.75, 3.05) is 6.26 Å². The molecule has 0 atom stereocenters. The van der Waals surface area contributed by atoms with Crippen LogP contribution in [0.5, 0.6) is 0 Å². The highest BCUT2D eigenvalue weighted by molar-refractivity contribution is 8.13. The molecule has 0 aliphatic carbocycles. The summed E-state index contributed by atoms with van der Waals surface area (Å²) in [5, 5.41) is 6.14. The molecule has 1 amide bonds. The first kappa shape index (κ1) is 10.8. The van der Waals surface area contributed by atoms with E-state index in [1.807, 2.05) is 24.8 Å². The van der Waals surface area contributed by atoms with E-state index in [1.165, 1.54) is 28.1 Å². The highest BCUT2D eigenvalue weighted by Gasteiger charge is 2.33. The van der Waals surface area contributed by atoms with Crippen molar-refractivity contribution in [1.82, 2.24) is 9.58 Å². The van der Waals surface area contributed by atoms with Gasteiger partial charge in [-0.3, -0.25) is 4.79 Å². The molecule has 2 rings (SSSR count). The molecule has 80 valence electrons. The highest BCUT2D eigenvalue weighted by Crippen LogP contribution is 2.26. The van der Waals surface area contributed by atoms with Gasteiger partial charge < -0.3 is 4.57 Å². The second kappa shape index (κ2) is 3.73. The molecule has 15 heavy (non-hydrogen) atoms. The van der Waals surface area contributed by atoms with Gasteiger partial charge in [-0.1, -0.05) is 23.1 Å². The van der Waals surface area contributed by atoms with E-state index in [1.54, 1.807) is 0 Å². The molecule has 1 aliphatic rings. The standard InChI is InChI=1S/C8H9N3OS3/c1-4-5(15-8(13)10(4)2)6(12)11-7(9-11)14-3/h1-3H3. The Morgan fingerprint density at radius 1 is 1.60 bits per heavy atom. The van der Waals surface area contributed by atoms with E-state index in [4.69, 9.17) is 12.2 Å². The summed E-state index contributed by atoms with van der Waals surface area (Å²) in [5.74, 6) is -0.0754. The lowest BCUT2D eigenvalue weighted by atomic mass is 10.4. The number of hydrogen-bond acceptors (Lipinski definition) is 5. The minimum atomic E-state index is -0.0754. The summed E-state index contributed by atoms with van der Waals surface area (Å²) < 4.78 is 2.55. The summed E-state index contributed by atoms with van der Waals surface area (Å²) in [4.78, 5) is 12.6. The molecular formula is C8H9N3OS3. The van der Waals surface area contributed by atoms with Crippen molar-refractivity contribution in [2.24, 2.45) is 12.1 Å². The minimum absolute atomic E-state index is 0.0754. The Bertz CT molecular complexity index is 514. The lowest BCUT2D eigenvalue weighted by Gasteiger charge is -1.99. The molecule has 0 bridgehead atoms. The van der Waals surface area contributed by atoms with Crippen molar-refractivity contribution in [2.45, 2.75) is 6.92 Å². The first-order valence-corrected chi connectivity index (χ1v) is 6.64. The molecule has 4 nitrogen and oxygen atoms in total. The van der Waals surface area contributed by atoms with E-state index in [-0.39, 0.29) is 5.91 Å². The van der Waals surface area contributed by atoms with Gasteiger partial charge in [-0.25, -0.2) is 0 Å². The average Bonchev–Trinajstić information content (AvgIpc) is 2.97. The summed E-state index contributed by atoms with van der Waals surface area (Å²) in [6.07, 6.45) is 1.89. The van der Waals surface area contributed by atoms with Crippen molar-refractivity contribution < 1.29 is 4.79 Å². The van der Waals surface area contributed by atoms with Crippen molar-refractivity contribution in [3.05, 3.63) is 14.5 Å². The summed E-state index contributed by atoms with van der Waals surface area (Å²) >= 11 is 7.91. The van der Waals surface area contributed by atoms with Gasteiger partial charge in [0.25, 0.3) is 5.91 Å². The fourth-order valence-corrected chi connectivity index (χ4v) is 2.85. The molecule has 0 unspecified atom stereocenters. The van der Waals surface area contributed by atoms with Gasteiger partial charge >= 0.3 is 0 Å². The zero-order valence-corrected chi connectivity index (χ0v) is 10.9. The Labute approximate surface area is 101 Å². The third-order valence-electron chi connectivity index (χ3n) is 2.19. The predicted molar refractivity (Wildman–Crippen MR) is 66.0 cm³/mol. The van der Waals surface area contributed by atoms with Crippen LogP contribution in [0.2, 0.25) is 0 Å². The molecule has 0 saturated carbocycles. The lowest BCUT2D eigenvalue weighted by Crippen LogP contribution is -2.15. The van der Waals surface area contributed by atoms with E-state index in [2.05, 4.69) is 5.10 Å². The van der Waals surface area contributed by atoms with Gasteiger partial charge in [-0.15, -0.1) is 5.10 Å². The third kappa shape index (κ3) is 1.75. The number of hydrazone groups is 1. The SMILES string of the molecule is CSC1=NN1C(=O)c1sc(=S)n(C)c1C. The van der Waals surface area contributed by atoms with E-state index in [0.717, 1.165) is 10.9 Å². The Hall–Kier alpha value is -0.660. The Balaban J connectivity index is 2.28. The van der Waals surface area contributed by atoms with Crippen LogP contribution < -0.4 is 0 Å². The van der Waals surface area contributed by atoms with E-state index in [9.17, 15) is 4.79 Å². The zero-order chi connectivity index (χ0) is 11.2. The number of amidine groups is 1. The van der Waals surface area contributed by atoms with Crippen LogP contribution in [-0.2, 0) is 7.05 Å². The number of thioether (sulfide) groups is 1. The number of carbonyl (C=O) groups excluding carboxylic acids is 1. The maximum Gasteiger partial charge on any atom is 0.292 e. The predicted octanol–water partition coefficient (Wildman–Crippen LogP) is 2.21. The lowest BCUT2D eigenvalue weighted by molar-refractivity contribution is 0.0891. The van der Waals surface area contributed by atoms with Crippen molar-refractivity contribution in [1.29, 1.82) is 0 Å². The van der Waals surface area contributed by atoms with Crippen LogP contribution in [0.4, 0.5) is 0 Å².